The largest absolute Gasteiger partial charge is 0.508 e. The molecular formula is C16H18N2O2. The molecule has 2 aromatic carbocycles. The Labute approximate surface area is 118 Å². The van der Waals surface area contributed by atoms with Gasteiger partial charge in [-0.1, -0.05) is 29.8 Å². The van der Waals surface area contributed by atoms with Crippen molar-refractivity contribution in [1.29, 1.82) is 0 Å². The molecule has 1 amide bonds. The number of rotatable bonds is 3. The molecule has 4 heteroatoms. The number of hydrogen-bond donors (Lipinski definition) is 2. The van der Waals surface area contributed by atoms with Crippen molar-refractivity contribution in [3.05, 3.63) is 59.2 Å². The highest BCUT2D eigenvalue weighted by Gasteiger charge is 2.15. The minimum Gasteiger partial charge on any atom is -0.508 e. The summed E-state index contributed by atoms with van der Waals surface area (Å²) in [7, 11) is 1.71. The third kappa shape index (κ3) is 3.09. The van der Waals surface area contributed by atoms with E-state index in [4.69, 9.17) is 5.73 Å². The van der Waals surface area contributed by atoms with E-state index in [1.165, 1.54) is 23.8 Å². The molecule has 0 radical (unpaired) electrons. The fourth-order valence-corrected chi connectivity index (χ4v) is 1.97. The fourth-order valence-electron chi connectivity index (χ4n) is 1.97. The Morgan fingerprint density at radius 2 is 1.85 bits per heavy atom. The second kappa shape index (κ2) is 5.65. The minimum absolute atomic E-state index is 0.0336. The Balaban J connectivity index is 2.16. The predicted molar refractivity (Wildman–Crippen MR) is 79.5 cm³/mol. The number of carbonyl (C=O) groups excluding carboxylic acids is 1. The van der Waals surface area contributed by atoms with E-state index in [2.05, 4.69) is 0 Å². The van der Waals surface area contributed by atoms with Gasteiger partial charge in [0, 0.05) is 19.3 Å². The number of nitrogens with zero attached hydrogens (tertiary/aromatic N) is 1. The van der Waals surface area contributed by atoms with E-state index in [0.29, 0.717) is 17.8 Å². The van der Waals surface area contributed by atoms with Crippen molar-refractivity contribution in [2.24, 2.45) is 0 Å². The van der Waals surface area contributed by atoms with Gasteiger partial charge in [-0.3, -0.25) is 4.79 Å². The Morgan fingerprint density at radius 3 is 2.50 bits per heavy atom. The number of nitrogen functional groups attached to an aromatic ring is 1. The summed E-state index contributed by atoms with van der Waals surface area (Å²) in [5.74, 6) is -0.176. The van der Waals surface area contributed by atoms with Gasteiger partial charge < -0.3 is 15.7 Å². The van der Waals surface area contributed by atoms with Crippen molar-refractivity contribution < 1.29 is 9.90 Å². The lowest BCUT2D eigenvalue weighted by molar-refractivity contribution is 0.0785. The molecular weight excluding hydrogens is 252 g/mol. The number of phenols is 1. The quantitative estimate of drug-likeness (QED) is 0.665. The number of hydrogen-bond acceptors (Lipinski definition) is 3. The summed E-state index contributed by atoms with van der Waals surface area (Å²) >= 11 is 0. The Bertz CT molecular complexity index is 621. The summed E-state index contributed by atoms with van der Waals surface area (Å²) in [6.45, 7) is 2.51. The number of amides is 1. The van der Waals surface area contributed by atoms with E-state index in [9.17, 15) is 9.90 Å². The van der Waals surface area contributed by atoms with Crippen LogP contribution in [0.2, 0.25) is 0 Å². The number of nitrogens with two attached hydrogens (primary N) is 1. The zero-order valence-corrected chi connectivity index (χ0v) is 11.6. The molecule has 0 saturated carbocycles. The first kappa shape index (κ1) is 13.9. The van der Waals surface area contributed by atoms with Gasteiger partial charge in [-0.2, -0.15) is 0 Å². The van der Waals surface area contributed by atoms with Crippen molar-refractivity contribution in [1.82, 2.24) is 4.90 Å². The number of benzene rings is 2. The van der Waals surface area contributed by atoms with Crippen LogP contribution in [0.1, 0.15) is 21.5 Å². The highest BCUT2D eigenvalue weighted by atomic mass is 16.3. The molecule has 0 fully saturated rings. The van der Waals surface area contributed by atoms with Crippen molar-refractivity contribution in [3.63, 3.8) is 0 Å². The maximum Gasteiger partial charge on any atom is 0.256 e. The molecule has 104 valence electrons. The third-order valence-electron chi connectivity index (χ3n) is 3.15. The van der Waals surface area contributed by atoms with Crippen LogP contribution >= 0.6 is 0 Å². The van der Waals surface area contributed by atoms with Gasteiger partial charge in [0.25, 0.3) is 5.91 Å². The lowest BCUT2D eigenvalue weighted by Gasteiger charge is -2.18. The second-order valence-corrected chi connectivity index (χ2v) is 4.92. The highest BCUT2D eigenvalue weighted by Crippen LogP contribution is 2.20. The zero-order valence-electron chi connectivity index (χ0n) is 11.6. The molecule has 0 bridgehead atoms. The summed E-state index contributed by atoms with van der Waals surface area (Å²) < 4.78 is 0. The van der Waals surface area contributed by atoms with E-state index in [1.54, 1.807) is 11.9 Å². The monoisotopic (exact) mass is 270 g/mol. The highest BCUT2D eigenvalue weighted by molar-refractivity contribution is 5.99. The number of aryl methyl sites for hydroxylation is 1. The first-order valence-corrected chi connectivity index (χ1v) is 6.37. The fraction of sp³-hybridized carbons (Fsp3) is 0.188. The van der Waals surface area contributed by atoms with Crippen LogP contribution in [-0.2, 0) is 6.54 Å². The summed E-state index contributed by atoms with van der Waals surface area (Å²) in [5, 5.41) is 9.46. The molecule has 0 aliphatic carbocycles. The SMILES string of the molecule is Cc1ccc(CN(C)C(=O)c2cc(O)ccc2N)cc1. The summed E-state index contributed by atoms with van der Waals surface area (Å²) in [4.78, 5) is 13.9. The average molecular weight is 270 g/mol. The molecule has 0 heterocycles. The number of anilines is 1. The normalized spacial score (nSPS) is 10.3. The van der Waals surface area contributed by atoms with Gasteiger partial charge in [-0.15, -0.1) is 0 Å². The molecule has 0 spiro atoms. The van der Waals surface area contributed by atoms with Gasteiger partial charge in [0.05, 0.1) is 5.56 Å². The number of aromatic hydroxyl groups is 1. The van der Waals surface area contributed by atoms with E-state index in [0.717, 1.165) is 5.56 Å². The maximum absolute atomic E-state index is 12.3. The van der Waals surface area contributed by atoms with Crippen LogP contribution in [0.25, 0.3) is 0 Å². The first-order chi connectivity index (χ1) is 9.47. The van der Waals surface area contributed by atoms with Crippen LogP contribution in [0.15, 0.2) is 42.5 Å². The smallest absolute Gasteiger partial charge is 0.256 e. The number of carbonyl (C=O) groups is 1. The molecule has 4 nitrogen and oxygen atoms in total. The van der Waals surface area contributed by atoms with Crippen molar-refractivity contribution in [2.45, 2.75) is 13.5 Å². The van der Waals surface area contributed by atoms with Gasteiger partial charge >= 0.3 is 0 Å². The lowest BCUT2D eigenvalue weighted by atomic mass is 10.1. The van der Waals surface area contributed by atoms with Crippen molar-refractivity contribution in [3.8, 4) is 5.75 Å². The molecule has 0 atom stereocenters. The van der Waals surface area contributed by atoms with Crippen LogP contribution in [0.4, 0.5) is 5.69 Å². The van der Waals surface area contributed by atoms with Crippen LogP contribution < -0.4 is 5.73 Å². The van der Waals surface area contributed by atoms with Crippen LogP contribution in [0, 0.1) is 6.92 Å². The second-order valence-electron chi connectivity index (χ2n) is 4.92. The molecule has 0 unspecified atom stereocenters. The molecule has 0 aliphatic rings. The van der Waals surface area contributed by atoms with E-state index in [-0.39, 0.29) is 11.7 Å². The molecule has 0 aliphatic heterocycles. The number of phenolic OH excluding ortho intramolecular Hbond substituents is 1. The topological polar surface area (TPSA) is 66.6 Å². The van der Waals surface area contributed by atoms with Gasteiger partial charge in [0.1, 0.15) is 5.75 Å². The van der Waals surface area contributed by atoms with Crippen LogP contribution in [0.3, 0.4) is 0 Å². The Kier molecular flexibility index (Phi) is 3.94. The zero-order chi connectivity index (χ0) is 14.7. The summed E-state index contributed by atoms with van der Waals surface area (Å²) in [6, 6.07) is 12.4. The molecule has 3 N–H and O–H groups in total. The molecule has 2 aromatic rings. The molecule has 20 heavy (non-hydrogen) atoms. The Hall–Kier alpha value is -2.49. The van der Waals surface area contributed by atoms with Crippen LogP contribution in [-0.4, -0.2) is 23.0 Å². The lowest BCUT2D eigenvalue weighted by Crippen LogP contribution is -2.26. The molecule has 2 rings (SSSR count). The molecule has 0 saturated heterocycles. The van der Waals surface area contributed by atoms with Gasteiger partial charge in [0.2, 0.25) is 0 Å². The Morgan fingerprint density at radius 1 is 1.20 bits per heavy atom. The average Bonchev–Trinajstić information content (AvgIpc) is 2.43. The molecule has 0 aromatic heterocycles. The van der Waals surface area contributed by atoms with Gasteiger partial charge in [-0.25, -0.2) is 0 Å². The van der Waals surface area contributed by atoms with Gasteiger partial charge in [-0.05, 0) is 30.7 Å². The van der Waals surface area contributed by atoms with Gasteiger partial charge in [0.15, 0.2) is 0 Å². The van der Waals surface area contributed by atoms with Crippen molar-refractivity contribution in [2.75, 3.05) is 12.8 Å². The van der Waals surface area contributed by atoms with E-state index in [1.807, 2.05) is 31.2 Å². The minimum atomic E-state index is -0.209. The van der Waals surface area contributed by atoms with Crippen molar-refractivity contribution >= 4 is 11.6 Å². The summed E-state index contributed by atoms with van der Waals surface area (Å²) in [6.07, 6.45) is 0. The third-order valence-corrected chi connectivity index (χ3v) is 3.15. The maximum atomic E-state index is 12.3. The standard InChI is InChI=1S/C16H18N2O2/c1-11-3-5-12(6-4-11)10-18(2)16(20)14-9-13(19)7-8-15(14)17/h3-9,19H,10,17H2,1-2H3. The predicted octanol–water partition coefficient (Wildman–Crippen LogP) is 2.56. The summed E-state index contributed by atoms with van der Waals surface area (Å²) in [5.41, 5.74) is 8.69. The van der Waals surface area contributed by atoms with Crippen LogP contribution in [0.5, 0.6) is 5.75 Å². The van der Waals surface area contributed by atoms with E-state index >= 15 is 0 Å². The van der Waals surface area contributed by atoms with E-state index < -0.39 is 0 Å². The first-order valence-electron chi connectivity index (χ1n) is 6.37.